The second-order valence-electron chi connectivity index (χ2n) is 7.29. The molecular weight excluding hydrogens is 315 g/mol. The maximum atomic E-state index is 13.6. The maximum Gasteiger partial charge on any atom is 0.140 e. The molecule has 3 nitrogen and oxygen atoms in total. The molecule has 25 heavy (non-hydrogen) atoms. The molecule has 0 saturated carbocycles. The average Bonchev–Trinajstić information content (AvgIpc) is 2.87. The molecule has 2 unspecified atom stereocenters. The molecule has 0 aromatic heterocycles. The van der Waals surface area contributed by atoms with Crippen LogP contribution in [0.1, 0.15) is 42.4 Å². The van der Waals surface area contributed by atoms with Crippen molar-refractivity contribution >= 4 is 0 Å². The Bertz CT molecular complexity index is 800. The molecule has 2 aliphatic heterocycles. The smallest absolute Gasteiger partial charge is 0.140 e. The Morgan fingerprint density at radius 2 is 1.80 bits per heavy atom. The van der Waals surface area contributed by atoms with Gasteiger partial charge in [0.05, 0.1) is 11.2 Å². The van der Waals surface area contributed by atoms with Gasteiger partial charge in [-0.25, -0.2) is 4.39 Å². The number of hydrogen-bond acceptors (Lipinski definition) is 3. The van der Waals surface area contributed by atoms with Crippen molar-refractivity contribution in [2.24, 2.45) is 0 Å². The van der Waals surface area contributed by atoms with Crippen molar-refractivity contribution in [1.82, 2.24) is 4.90 Å². The van der Waals surface area contributed by atoms with Crippen LogP contribution in [0.2, 0.25) is 0 Å². The van der Waals surface area contributed by atoms with Gasteiger partial charge in [0.1, 0.15) is 11.9 Å². The van der Waals surface area contributed by atoms with Crippen molar-refractivity contribution in [3.63, 3.8) is 0 Å². The van der Waals surface area contributed by atoms with Crippen molar-refractivity contribution in [1.29, 1.82) is 5.26 Å². The van der Waals surface area contributed by atoms with Crippen LogP contribution in [-0.4, -0.2) is 22.1 Å². The minimum Gasteiger partial charge on any atom is -0.385 e. The van der Waals surface area contributed by atoms with Gasteiger partial charge in [0, 0.05) is 18.6 Å². The fraction of sp³-hybridized carbons (Fsp3) is 0.381. The van der Waals surface area contributed by atoms with E-state index >= 15 is 0 Å². The van der Waals surface area contributed by atoms with E-state index in [2.05, 4.69) is 29.2 Å². The van der Waals surface area contributed by atoms with E-state index in [1.54, 1.807) is 6.07 Å². The first-order chi connectivity index (χ1) is 12.1. The quantitative estimate of drug-likeness (QED) is 0.929. The third-order valence-corrected chi connectivity index (χ3v) is 5.75. The zero-order valence-electron chi connectivity index (χ0n) is 14.0. The predicted octanol–water partition coefficient (Wildman–Crippen LogP) is 3.71. The molecule has 0 amide bonds. The van der Waals surface area contributed by atoms with Gasteiger partial charge in [-0.3, -0.25) is 4.90 Å². The summed E-state index contributed by atoms with van der Waals surface area (Å²) >= 11 is 0. The largest absolute Gasteiger partial charge is 0.385 e. The van der Waals surface area contributed by atoms with Gasteiger partial charge in [-0.2, -0.15) is 5.26 Å². The fourth-order valence-corrected chi connectivity index (χ4v) is 4.50. The van der Waals surface area contributed by atoms with E-state index in [1.165, 1.54) is 17.7 Å². The number of benzene rings is 2. The lowest BCUT2D eigenvalue weighted by Gasteiger charge is -2.44. The molecule has 2 aromatic carbocycles. The van der Waals surface area contributed by atoms with E-state index in [0.29, 0.717) is 30.5 Å². The van der Waals surface area contributed by atoms with Gasteiger partial charge in [-0.05, 0) is 48.9 Å². The van der Waals surface area contributed by atoms with Crippen molar-refractivity contribution in [2.75, 3.05) is 0 Å². The summed E-state index contributed by atoms with van der Waals surface area (Å²) < 4.78 is 13.6. The molecule has 1 N–H and O–H groups in total. The summed E-state index contributed by atoms with van der Waals surface area (Å²) in [5.41, 5.74) is 0.989. The Balaban J connectivity index is 1.57. The van der Waals surface area contributed by atoms with E-state index in [-0.39, 0.29) is 5.56 Å². The zero-order chi connectivity index (χ0) is 17.4. The van der Waals surface area contributed by atoms with Gasteiger partial charge >= 0.3 is 0 Å². The minimum atomic E-state index is -0.974. The number of aliphatic hydroxyl groups is 1. The second kappa shape index (κ2) is 6.25. The SMILES string of the molecule is N#Cc1cc(C2(O)CC3CCC(C2)N3Cc2ccccc2)ccc1F. The van der Waals surface area contributed by atoms with E-state index in [4.69, 9.17) is 5.26 Å². The van der Waals surface area contributed by atoms with Crippen molar-refractivity contribution < 1.29 is 9.50 Å². The van der Waals surface area contributed by atoms with Gasteiger partial charge in [0.25, 0.3) is 0 Å². The Hall–Kier alpha value is -2.22. The zero-order valence-corrected chi connectivity index (χ0v) is 14.0. The standard InChI is InChI=1S/C21H21FN2O/c22-20-9-6-17(10-16(20)13-23)21(25)11-18-7-8-19(12-21)24(18)14-15-4-2-1-3-5-15/h1-6,9-10,18-19,25H,7-8,11-12,14H2. The number of halogens is 1. The molecule has 2 aliphatic rings. The Kier molecular flexibility index (Phi) is 4.07. The Labute approximate surface area is 147 Å². The van der Waals surface area contributed by atoms with Crippen molar-refractivity contribution in [2.45, 2.75) is 49.9 Å². The lowest BCUT2D eigenvalue weighted by Crippen LogP contribution is -2.49. The molecular formula is C21H21FN2O. The molecule has 0 spiro atoms. The third kappa shape index (κ3) is 2.95. The molecule has 2 saturated heterocycles. The summed E-state index contributed by atoms with van der Waals surface area (Å²) in [5.74, 6) is -0.528. The summed E-state index contributed by atoms with van der Waals surface area (Å²) in [4.78, 5) is 2.50. The van der Waals surface area contributed by atoms with Crippen molar-refractivity contribution in [3.8, 4) is 6.07 Å². The first-order valence-corrected chi connectivity index (χ1v) is 8.81. The molecule has 0 radical (unpaired) electrons. The number of nitriles is 1. The monoisotopic (exact) mass is 336 g/mol. The van der Waals surface area contributed by atoms with Crippen LogP contribution in [0.5, 0.6) is 0 Å². The lowest BCUT2D eigenvalue weighted by molar-refractivity contribution is -0.0595. The van der Waals surface area contributed by atoms with E-state index in [9.17, 15) is 9.50 Å². The highest BCUT2D eigenvalue weighted by atomic mass is 19.1. The van der Waals surface area contributed by atoms with Gasteiger partial charge in [-0.1, -0.05) is 36.4 Å². The van der Waals surface area contributed by atoms with Crippen LogP contribution < -0.4 is 0 Å². The Morgan fingerprint density at radius 1 is 1.12 bits per heavy atom. The van der Waals surface area contributed by atoms with Crippen molar-refractivity contribution in [3.05, 3.63) is 71.0 Å². The van der Waals surface area contributed by atoms with Crippen LogP contribution in [0.15, 0.2) is 48.5 Å². The first kappa shape index (κ1) is 16.3. The van der Waals surface area contributed by atoms with Gasteiger partial charge in [0.15, 0.2) is 0 Å². The highest BCUT2D eigenvalue weighted by Gasteiger charge is 2.48. The topological polar surface area (TPSA) is 47.3 Å². The van der Waals surface area contributed by atoms with E-state index in [0.717, 1.165) is 19.4 Å². The molecule has 2 aromatic rings. The average molecular weight is 336 g/mol. The second-order valence-corrected chi connectivity index (χ2v) is 7.29. The summed E-state index contributed by atoms with van der Waals surface area (Å²) in [6.45, 7) is 0.902. The number of hydrogen-bond donors (Lipinski definition) is 1. The minimum absolute atomic E-state index is 0.00462. The summed E-state index contributed by atoms with van der Waals surface area (Å²) in [7, 11) is 0. The summed E-state index contributed by atoms with van der Waals surface area (Å²) in [6.07, 6.45) is 3.41. The highest BCUT2D eigenvalue weighted by Crippen LogP contribution is 2.46. The number of fused-ring (bicyclic) bond motifs is 2. The van der Waals surface area contributed by atoms with E-state index in [1.807, 2.05) is 12.1 Å². The Morgan fingerprint density at radius 3 is 2.44 bits per heavy atom. The molecule has 128 valence electrons. The number of piperidine rings is 1. The highest BCUT2D eigenvalue weighted by molar-refractivity contribution is 5.37. The molecule has 4 rings (SSSR count). The van der Waals surface area contributed by atoms with Crippen LogP contribution in [0, 0.1) is 17.1 Å². The van der Waals surface area contributed by atoms with E-state index < -0.39 is 11.4 Å². The molecule has 4 heteroatoms. The van der Waals surface area contributed by atoms with Crippen LogP contribution >= 0.6 is 0 Å². The first-order valence-electron chi connectivity index (χ1n) is 8.81. The van der Waals surface area contributed by atoms with Crippen LogP contribution in [0.3, 0.4) is 0 Å². The number of nitrogens with zero attached hydrogens (tertiary/aromatic N) is 2. The van der Waals surface area contributed by atoms with Gasteiger partial charge < -0.3 is 5.11 Å². The summed E-state index contributed by atoms with van der Waals surface area (Å²) in [5, 5.41) is 20.3. The molecule has 2 bridgehead atoms. The lowest BCUT2D eigenvalue weighted by atomic mass is 9.80. The normalized spacial score (nSPS) is 28.7. The van der Waals surface area contributed by atoms with Gasteiger partial charge in [-0.15, -0.1) is 0 Å². The molecule has 2 atom stereocenters. The summed E-state index contributed by atoms with van der Waals surface area (Å²) in [6, 6.07) is 17.4. The van der Waals surface area contributed by atoms with Crippen LogP contribution in [-0.2, 0) is 12.1 Å². The van der Waals surface area contributed by atoms with Gasteiger partial charge in [0.2, 0.25) is 0 Å². The number of rotatable bonds is 3. The predicted molar refractivity (Wildman–Crippen MR) is 93.0 cm³/mol. The third-order valence-electron chi connectivity index (χ3n) is 5.75. The molecule has 2 fully saturated rings. The van der Waals surface area contributed by atoms with Crippen LogP contribution in [0.25, 0.3) is 0 Å². The van der Waals surface area contributed by atoms with Crippen LogP contribution in [0.4, 0.5) is 4.39 Å². The molecule has 0 aliphatic carbocycles. The molecule has 2 heterocycles. The fourth-order valence-electron chi connectivity index (χ4n) is 4.50. The maximum absolute atomic E-state index is 13.6.